The Morgan fingerprint density at radius 3 is 2.73 bits per heavy atom. The molecule has 132 valence electrons. The second-order valence-electron chi connectivity index (χ2n) is 5.57. The number of hydrogen-bond acceptors (Lipinski definition) is 5. The van der Waals surface area contributed by atoms with Gasteiger partial charge in [-0.25, -0.2) is 5.43 Å². The van der Waals surface area contributed by atoms with Crippen molar-refractivity contribution in [3.63, 3.8) is 0 Å². The zero-order chi connectivity index (χ0) is 18.4. The normalized spacial score (nSPS) is 10.8. The summed E-state index contributed by atoms with van der Waals surface area (Å²) in [5.74, 6) is 0.449. The number of rotatable bonds is 6. The van der Waals surface area contributed by atoms with Gasteiger partial charge in [0, 0.05) is 5.56 Å². The Balaban J connectivity index is 1.64. The van der Waals surface area contributed by atoms with Crippen LogP contribution in [-0.4, -0.2) is 30.9 Å². The van der Waals surface area contributed by atoms with Crippen LogP contribution in [0.1, 0.15) is 5.56 Å². The molecule has 3 aromatic carbocycles. The van der Waals surface area contributed by atoms with E-state index in [1.807, 2.05) is 54.6 Å². The van der Waals surface area contributed by atoms with Gasteiger partial charge in [-0.15, -0.1) is 0 Å². The maximum Gasteiger partial charge on any atom is 0.259 e. The Kier molecular flexibility index (Phi) is 5.34. The first-order valence-corrected chi connectivity index (χ1v) is 8.08. The molecule has 0 radical (unpaired) electrons. The molecule has 3 N–H and O–H groups in total. The molecular formula is C20H19N3O3. The van der Waals surface area contributed by atoms with Crippen molar-refractivity contribution in [2.24, 2.45) is 5.10 Å². The second-order valence-corrected chi connectivity index (χ2v) is 5.57. The van der Waals surface area contributed by atoms with Gasteiger partial charge in [0.15, 0.2) is 0 Å². The van der Waals surface area contributed by atoms with Crippen molar-refractivity contribution < 1.29 is 14.6 Å². The van der Waals surface area contributed by atoms with E-state index in [0.717, 1.165) is 16.5 Å². The summed E-state index contributed by atoms with van der Waals surface area (Å²) < 4.78 is 5.22. The van der Waals surface area contributed by atoms with E-state index in [9.17, 15) is 9.90 Å². The Morgan fingerprint density at radius 2 is 1.88 bits per heavy atom. The number of nitrogens with one attached hydrogen (secondary N) is 2. The van der Waals surface area contributed by atoms with Crippen LogP contribution in [0.15, 0.2) is 65.8 Å². The Hall–Kier alpha value is -3.54. The third-order valence-corrected chi connectivity index (χ3v) is 3.88. The number of aromatic hydroxyl groups is 1. The number of anilines is 1. The van der Waals surface area contributed by atoms with Crippen molar-refractivity contribution in [3.8, 4) is 11.5 Å². The summed E-state index contributed by atoms with van der Waals surface area (Å²) in [6.45, 7) is 0.0409. The highest BCUT2D eigenvalue weighted by Gasteiger charge is 2.06. The highest BCUT2D eigenvalue weighted by Crippen LogP contribution is 2.25. The van der Waals surface area contributed by atoms with Gasteiger partial charge in [0.25, 0.3) is 5.91 Å². The smallest absolute Gasteiger partial charge is 0.259 e. The van der Waals surface area contributed by atoms with Gasteiger partial charge >= 0.3 is 0 Å². The number of amides is 1. The van der Waals surface area contributed by atoms with E-state index in [2.05, 4.69) is 15.8 Å². The van der Waals surface area contributed by atoms with Gasteiger partial charge in [-0.2, -0.15) is 5.10 Å². The number of ether oxygens (including phenoxy) is 1. The molecule has 3 rings (SSSR count). The first-order chi connectivity index (χ1) is 12.7. The number of carbonyl (C=O) groups excluding carboxylic acids is 1. The lowest BCUT2D eigenvalue weighted by atomic mass is 10.0. The van der Waals surface area contributed by atoms with Gasteiger partial charge in [-0.05, 0) is 29.0 Å². The summed E-state index contributed by atoms with van der Waals surface area (Å²) in [6.07, 6.45) is 1.44. The highest BCUT2D eigenvalue weighted by atomic mass is 16.5. The lowest BCUT2D eigenvalue weighted by Gasteiger charge is -2.09. The Bertz CT molecular complexity index is 954. The number of hydrogen-bond donors (Lipinski definition) is 3. The molecule has 0 bridgehead atoms. The van der Waals surface area contributed by atoms with Crippen LogP contribution in [0.5, 0.6) is 11.5 Å². The van der Waals surface area contributed by atoms with E-state index in [1.165, 1.54) is 6.21 Å². The van der Waals surface area contributed by atoms with E-state index in [1.54, 1.807) is 13.2 Å². The summed E-state index contributed by atoms with van der Waals surface area (Å²) in [6, 6.07) is 18.4. The molecule has 1 amide bonds. The average Bonchev–Trinajstić information content (AvgIpc) is 2.68. The van der Waals surface area contributed by atoms with Crippen LogP contribution in [-0.2, 0) is 4.79 Å². The molecule has 0 saturated heterocycles. The number of methoxy groups -OCH3 is 1. The third-order valence-electron chi connectivity index (χ3n) is 3.88. The fraction of sp³-hybridized carbons (Fsp3) is 0.100. The third kappa shape index (κ3) is 3.92. The number of phenolic OH excluding ortho intramolecular Hbond substituents is 1. The molecule has 6 heteroatoms. The number of fused-ring (bicyclic) bond motifs is 1. The van der Waals surface area contributed by atoms with Crippen LogP contribution < -0.4 is 15.5 Å². The molecule has 6 nitrogen and oxygen atoms in total. The Morgan fingerprint density at radius 1 is 1.12 bits per heavy atom. The Labute approximate surface area is 151 Å². The van der Waals surface area contributed by atoms with Gasteiger partial charge in [0.2, 0.25) is 0 Å². The van der Waals surface area contributed by atoms with Crippen molar-refractivity contribution in [2.75, 3.05) is 19.0 Å². The van der Waals surface area contributed by atoms with E-state index in [-0.39, 0.29) is 18.2 Å². The maximum absolute atomic E-state index is 12.0. The summed E-state index contributed by atoms with van der Waals surface area (Å²) >= 11 is 0. The van der Waals surface area contributed by atoms with Crippen LogP contribution in [0.25, 0.3) is 10.8 Å². The molecule has 0 aromatic heterocycles. The minimum absolute atomic E-state index is 0.0409. The standard InChI is InChI=1S/C20H19N3O3/c1-26-19-9-5-4-8-17(19)21-13-20(25)23-22-12-16-15-7-3-2-6-14(15)10-11-18(16)24/h2-12,21,24H,13H2,1H3,(H,23,25)/b22-12-. The van der Waals surface area contributed by atoms with Crippen LogP contribution in [0.4, 0.5) is 5.69 Å². The SMILES string of the molecule is COc1ccccc1NCC(=O)N/N=C\c1c(O)ccc2ccccc12. The summed E-state index contributed by atoms with van der Waals surface area (Å²) in [4.78, 5) is 12.0. The van der Waals surface area contributed by atoms with E-state index in [0.29, 0.717) is 11.3 Å². The molecule has 0 aliphatic heterocycles. The number of benzene rings is 3. The van der Waals surface area contributed by atoms with Crippen molar-refractivity contribution in [1.29, 1.82) is 0 Å². The highest BCUT2D eigenvalue weighted by molar-refractivity contribution is 6.02. The molecule has 0 aliphatic rings. The van der Waals surface area contributed by atoms with E-state index < -0.39 is 0 Å². The molecular weight excluding hydrogens is 330 g/mol. The summed E-state index contributed by atoms with van der Waals surface area (Å²) in [7, 11) is 1.57. The predicted octanol–water partition coefficient (Wildman–Crippen LogP) is 3.12. The second kappa shape index (κ2) is 8.02. The lowest BCUT2D eigenvalue weighted by molar-refractivity contribution is -0.119. The van der Waals surface area contributed by atoms with Gasteiger partial charge in [0.1, 0.15) is 11.5 Å². The fourth-order valence-electron chi connectivity index (χ4n) is 2.59. The molecule has 0 atom stereocenters. The minimum Gasteiger partial charge on any atom is -0.507 e. The summed E-state index contributed by atoms with van der Waals surface area (Å²) in [5, 5.41) is 18.8. The van der Waals surface area contributed by atoms with Crippen LogP contribution >= 0.6 is 0 Å². The number of phenols is 1. The van der Waals surface area contributed by atoms with E-state index >= 15 is 0 Å². The number of carbonyl (C=O) groups is 1. The molecule has 0 aliphatic carbocycles. The predicted molar refractivity (Wildman–Crippen MR) is 103 cm³/mol. The van der Waals surface area contributed by atoms with Crippen molar-refractivity contribution >= 4 is 28.6 Å². The number of nitrogens with zero attached hydrogens (tertiary/aromatic N) is 1. The first kappa shape index (κ1) is 17.3. The number of para-hydroxylation sites is 2. The average molecular weight is 349 g/mol. The minimum atomic E-state index is -0.313. The van der Waals surface area contributed by atoms with Gasteiger partial charge in [-0.3, -0.25) is 4.79 Å². The molecule has 0 saturated carbocycles. The van der Waals surface area contributed by atoms with Gasteiger partial charge < -0.3 is 15.2 Å². The fourth-order valence-corrected chi connectivity index (χ4v) is 2.59. The maximum atomic E-state index is 12.0. The lowest BCUT2D eigenvalue weighted by Crippen LogP contribution is -2.26. The molecule has 26 heavy (non-hydrogen) atoms. The topological polar surface area (TPSA) is 83.0 Å². The van der Waals surface area contributed by atoms with Crippen LogP contribution in [0.3, 0.4) is 0 Å². The van der Waals surface area contributed by atoms with Crippen molar-refractivity contribution in [3.05, 3.63) is 66.2 Å². The zero-order valence-corrected chi connectivity index (χ0v) is 14.3. The molecule has 0 fully saturated rings. The van der Waals surface area contributed by atoms with Crippen LogP contribution in [0.2, 0.25) is 0 Å². The molecule has 3 aromatic rings. The van der Waals surface area contributed by atoms with E-state index in [4.69, 9.17) is 4.74 Å². The van der Waals surface area contributed by atoms with Gasteiger partial charge in [-0.1, -0.05) is 42.5 Å². The molecule has 0 heterocycles. The van der Waals surface area contributed by atoms with Crippen molar-refractivity contribution in [2.45, 2.75) is 0 Å². The summed E-state index contributed by atoms with van der Waals surface area (Å²) in [5.41, 5.74) is 3.73. The molecule has 0 unspecified atom stereocenters. The first-order valence-electron chi connectivity index (χ1n) is 8.08. The largest absolute Gasteiger partial charge is 0.507 e. The number of hydrazone groups is 1. The van der Waals surface area contributed by atoms with Crippen LogP contribution in [0, 0.1) is 0 Å². The molecule has 0 spiro atoms. The zero-order valence-electron chi connectivity index (χ0n) is 14.3. The quantitative estimate of drug-likeness (QED) is 0.472. The van der Waals surface area contributed by atoms with Crippen molar-refractivity contribution in [1.82, 2.24) is 5.43 Å². The monoisotopic (exact) mass is 349 g/mol. The van der Waals surface area contributed by atoms with Gasteiger partial charge in [0.05, 0.1) is 25.6 Å².